The van der Waals surface area contributed by atoms with Gasteiger partial charge in [-0.15, -0.1) is 0 Å². The van der Waals surface area contributed by atoms with Gasteiger partial charge in [-0.1, -0.05) is 27.2 Å². The highest BCUT2D eigenvalue weighted by atomic mass is 16.6. The molecule has 0 aromatic carbocycles. The molecule has 0 radical (unpaired) electrons. The van der Waals surface area contributed by atoms with Crippen LogP contribution in [0.5, 0.6) is 0 Å². The summed E-state index contributed by atoms with van der Waals surface area (Å²) in [5, 5.41) is 0. The quantitative estimate of drug-likeness (QED) is 0.610. The second kappa shape index (κ2) is 7.76. The molecule has 4 heteroatoms. The number of rotatable bonds is 7. The molecule has 0 saturated carbocycles. The second-order valence-electron chi connectivity index (χ2n) is 3.98. The lowest BCUT2D eigenvalue weighted by Gasteiger charge is -2.11. The van der Waals surface area contributed by atoms with Crippen LogP contribution in [-0.2, 0) is 9.63 Å². The van der Waals surface area contributed by atoms with Crippen molar-refractivity contribution in [1.29, 1.82) is 0 Å². The molecule has 0 saturated heterocycles. The smallest absolute Gasteiger partial charge is 0.245 e. The van der Waals surface area contributed by atoms with Crippen molar-refractivity contribution in [2.45, 2.75) is 46.1 Å². The maximum absolute atomic E-state index is 11.2. The third-order valence-corrected chi connectivity index (χ3v) is 1.71. The molecule has 0 aliphatic rings. The van der Waals surface area contributed by atoms with Gasteiger partial charge in [-0.3, -0.25) is 9.63 Å². The molecule has 0 aromatic heterocycles. The molecule has 1 atom stereocenters. The SMILES string of the molecule is CCCC(N)CC(=O)NOCC(C)C. The van der Waals surface area contributed by atoms with E-state index in [4.69, 9.17) is 10.6 Å². The topological polar surface area (TPSA) is 64.4 Å². The summed E-state index contributed by atoms with van der Waals surface area (Å²) in [6.45, 7) is 6.63. The Balaban J connectivity index is 3.45. The number of carbonyl (C=O) groups is 1. The van der Waals surface area contributed by atoms with Crippen molar-refractivity contribution in [3.8, 4) is 0 Å². The predicted molar refractivity (Wildman–Crippen MR) is 56.4 cm³/mol. The lowest BCUT2D eigenvalue weighted by Crippen LogP contribution is -2.32. The molecule has 0 aromatic rings. The average molecular weight is 202 g/mol. The van der Waals surface area contributed by atoms with Gasteiger partial charge < -0.3 is 5.73 Å². The molecule has 4 nitrogen and oxygen atoms in total. The van der Waals surface area contributed by atoms with E-state index in [9.17, 15) is 4.79 Å². The molecule has 84 valence electrons. The summed E-state index contributed by atoms with van der Waals surface area (Å²) < 4.78 is 0. The van der Waals surface area contributed by atoms with E-state index in [1.54, 1.807) is 0 Å². The zero-order valence-electron chi connectivity index (χ0n) is 9.38. The molecule has 1 amide bonds. The lowest BCUT2D eigenvalue weighted by atomic mass is 10.1. The number of hydrogen-bond donors (Lipinski definition) is 2. The van der Waals surface area contributed by atoms with Crippen molar-refractivity contribution >= 4 is 5.91 Å². The van der Waals surface area contributed by atoms with Crippen molar-refractivity contribution in [3.05, 3.63) is 0 Å². The molecule has 0 aliphatic heterocycles. The van der Waals surface area contributed by atoms with E-state index in [0.717, 1.165) is 12.8 Å². The molecule has 0 aliphatic carbocycles. The van der Waals surface area contributed by atoms with Gasteiger partial charge in [0.1, 0.15) is 0 Å². The number of nitrogens with one attached hydrogen (secondary N) is 1. The van der Waals surface area contributed by atoms with E-state index >= 15 is 0 Å². The van der Waals surface area contributed by atoms with Crippen molar-refractivity contribution in [3.63, 3.8) is 0 Å². The number of hydrogen-bond acceptors (Lipinski definition) is 3. The highest BCUT2D eigenvalue weighted by Gasteiger charge is 2.08. The van der Waals surface area contributed by atoms with Gasteiger partial charge in [0.25, 0.3) is 0 Å². The molecular weight excluding hydrogens is 180 g/mol. The van der Waals surface area contributed by atoms with Crippen LogP contribution in [0.1, 0.15) is 40.0 Å². The Morgan fingerprint density at radius 3 is 2.64 bits per heavy atom. The predicted octanol–water partition coefficient (Wildman–Crippen LogP) is 1.21. The minimum atomic E-state index is -0.133. The van der Waals surface area contributed by atoms with Gasteiger partial charge in [0.2, 0.25) is 5.91 Å². The average Bonchev–Trinajstić information content (AvgIpc) is 2.03. The van der Waals surface area contributed by atoms with Crippen LogP contribution in [0.15, 0.2) is 0 Å². The van der Waals surface area contributed by atoms with Crippen LogP contribution < -0.4 is 11.2 Å². The van der Waals surface area contributed by atoms with Gasteiger partial charge in [0.15, 0.2) is 0 Å². The lowest BCUT2D eigenvalue weighted by molar-refractivity contribution is -0.134. The first-order valence-corrected chi connectivity index (χ1v) is 5.22. The van der Waals surface area contributed by atoms with E-state index in [0.29, 0.717) is 18.9 Å². The van der Waals surface area contributed by atoms with Crippen molar-refractivity contribution in [2.75, 3.05) is 6.61 Å². The molecule has 3 N–H and O–H groups in total. The van der Waals surface area contributed by atoms with Crippen LogP contribution in [-0.4, -0.2) is 18.6 Å². The zero-order valence-corrected chi connectivity index (χ0v) is 9.38. The molecule has 0 heterocycles. The summed E-state index contributed by atoms with van der Waals surface area (Å²) in [7, 11) is 0. The van der Waals surface area contributed by atoms with Gasteiger partial charge in [-0.05, 0) is 12.3 Å². The third kappa shape index (κ3) is 8.01. The summed E-state index contributed by atoms with van der Waals surface area (Å²) in [6, 6.07) is -0.0531. The van der Waals surface area contributed by atoms with E-state index in [1.165, 1.54) is 0 Å². The number of nitrogens with two attached hydrogens (primary N) is 1. The van der Waals surface area contributed by atoms with Crippen molar-refractivity contribution < 1.29 is 9.63 Å². The summed E-state index contributed by atoms with van der Waals surface area (Å²) in [6.07, 6.45) is 2.21. The molecule has 0 bridgehead atoms. The van der Waals surface area contributed by atoms with Gasteiger partial charge in [0, 0.05) is 12.5 Å². The minimum Gasteiger partial charge on any atom is -0.327 e. The molecular formula is C10H22N2O2. The van der Waals surface area contributed by atoms with Crippen LogP contribution >= 0.6 is 0 Å². The second-order valence-corrected chi connectivity index (χ2v) is 3.98. The van der Waals surface area contributed by atoms with Crippen LogP contribution in [0, 0.1) is 5.92 Å². The normalized spacial score (nSPS) is 12.9. The van der Waals surface area contributed by atoms with E-state index in [-0.39, 0.29) is 11.9 Å². The van der Waals surface area contributed by atoms with Crippen LogP contribution in [0.2, 0.25) is 0 Å². The molecule has 14 heavy (non-hydrogen) atoms. The largest absolute Gasteiger partial charge is 0.327 e. The van der Waals surface area contributed by atoms with Crippen LogP contribution in [0.4, 0.5) is 0 Å². The first-order chi connectivity index (χ1) is 6.56. The Hall–Kier alpha value is -0.610. The van der Waals surface area contributed by atoms with E-state index in [2.05, 4.69) is 5.48 Å². The summed E-state index contributed by atoms with van der Waals surface area (Å²) in [5.41, 5.74) is 8.08. The fourth-order valence-electron chi connectivity index (χ4n) is 1.04. The van der Waals surface area contributed by atoms with Gasteiger partial charge in [-0.2, -0.15) is 0 Å². The Morgan fingerprint density at radius 1 is 1.50 bits per heavy atom. The highest BCUT2D eigenvalue weighted by molar-refractivity contribution is 5.75. The van der Waals surface area contributed by atoms with Crippen LogP contribution in [0.3, 0.4) is 0 Å². The monoisotopic (exact) mass is 202 g/mol. The van der Waals surface area contributed by atoms with Crippen molar-refractivity contribution in [2.24, 2.45) is 11.7 Å². The molecule has 1 unspecified atom stereocenters. The van der Waals surface area contributed by atoms with E-state index in [1.807, 2.05) is 20.8 Å². The molecule has 0 spiro atoms. The first kappa shape index (κ1) is 13.4. The van der Waals surface area contributed by atoms with Crippen molar-refractivity contribution in [1.82, 2.24) is 5.48 Å². The number of hydroxylamine groups is 1. The van der Waals surface area contributed by atoms with E-state index < -0.39 is 0 Å². The highest BCUT2D eigenvalue weighted by Crippen LogP contribution is 1.98. The zero-order chi connectivity index (χ0) is 11.0. The number of carbonyl (C=O) groups excluding carboxylic acids is 1. The Labute approximate surface area is 86.1 Å². The Kier molecular flexibility index (Phi) is 7.42. The van der Waals surface area contributed by atoms with Gasteiger partial charge in [-0.25, -0.2) is 5.48 Å². The maximum atomic E-state index is 11.2. The number of amides is 1. The minimum absolute atomic E-state index is 0.0531. The summed E-state index contributed by atoms with van der Waals surface area (Å²) in [4.78, 5) is 16.2. The Bertz CT molecular complexity index is 160. The van der Waals surface area contributed by atoms with Gasteiger partial charge >= 0.3 is 0 Å². The molecule has 0 fully saturated rings. The van der Waals surface area contributed by atoms with Crippen LogP contribution in [0.25, 0.3) is 0 Å². The summed E-state index contributed by atoms with van der Waals surface area (Å²) in [5.74, 6) is 0.284. The third-order valence-electron chi connectivity index (χ3n) is 1.71. The first-order valence-electron chi connectivity index (χ1n) is 5.22. The fraction of sp³-hybridized carbons (Fsp3) is 0.900. The van der Waals surface area contributed by atoms with Gasteiger partial charge in [0.05, 0.1) is 6.61 Å². The summed E-state index contributed by atoms with van der Waals surface area (Å²) >= 11 is 0. The Morgan fingerprint density at radius 2 is 2.14 bits per heavy atom. The standard InChI is InChI=1S/C10H22N2O2/c1-4-5-9(11)6-10(13)12-14-7-8(2)3/h8-9H,4-7,11H2,1-3H3,(H,12,13). The molecule has 0 rings (SSSR count). The maximum Gasteiger partial charge on any atom is 0.245 e. The fourth-order valence-corrected chi connectivity index (χ4v) is 1.04.